The number of imide groups is 1. The van der Waals surface area contributed by atoms with E-state index in [0.717, 1.165) is 28.5 Å². The Morgan fingerprint density at radius 1 is 1.08 bits per heavy atom. The van der Waals surface area contributed by atoms with Crippen LogP contribution in [0.25, 0.3) is 6.08 Å². The van der Waals surface area contributed by atoms with Gasteiger partial charge in [-0.15, -0.1) is 6.58 Å². The van der Waals surface area contributed by atoms with Crippen molar-refractivity contribution in [2.75, 3.05) is 6.54 Å². The number of nitrogens with zero attached hydrogens (tertiary/aromatic N) is 1. The Bertz CT molecular complexity index is 759. The molecule has 0 spiro atoms. The SMILES string of the molecule is C=CCN1C(=O)S/C(=C/c2cc(C(C)(C)C)c(O)c(C(C)(C)C)c2)C1=O. The maximum atomic E-state index is 12.5. The first-order valence-electron chi connectivity index (χ1n) is 8.60. The van der Waals surface area contributed by atoms with E-state index in [1.807, 2.05) is 53.7 Å². The van der Waals surface area contributed by atoms with Crippen molar-refractivity contribution < 1.29 is 14.7 Å². The summed E-state index contributed by atoms with van der Waals surface area (Å²) in [6.07, 6.45) is 3.27. The number of hydrogen-bond donors (Lipinski definition) is 1. The second-order valence-electron chi connectivity index (χ2n) is 8.55. The van der Waals surface area contributed by atoms with Crippen LogP contribution in [0.1, 0.15) is 58.2 Å². The summed E-state index contributed by atoms with van der Waals surface area (Å²) < 4.78 is 0. The number of hydrogen-bond acceptors (Lipinski definition) is 4. The highest BCUT2D eigenvalue weighted by atomic mass is 32.2. The predicted molar refractivity (Wildman–Crippen MR) is 108 cm³/mol. The number of amides is 2. The van der Waals surface area contributed by atoms with Gasteiger partial charge in [-0.2, -0.15) is 0 Å². The van der Waals surface area contributed by atoms with Crippen LogP contribution >= 0.6 is 11.8 Å². The molecule has 0 unspecified atom stereocenters. The first-order valence-corrected chi connectivity index (χ1v) is 9.42. The molecular formula is C21H27NO3S. The van der Waals surface area contributed by atoms with Crippen molar-refractivity contribution in [2.24, 2.45) is 0 Å². The summed E-state index contributed by atoms with van der Waals surface area (Å²) in [6, 6.07) is 3.79. The van der Waals surface area contributed by atoms with Gasteiger partial charge in [0.2, 0.25) is 0 Å². The zero-order chi connectivity index (χ0) is 19.9. The summed E-state index contributed by atoms with van der Waals surface area (Å²) in [4.78, 5) is 26.1. The van der Waals surface area contributed by atoms with Gasteiger partial charge in [0, 0.05) is 17.7 Å². The van der Waals surface area contributed by atoms with Gasteiger partial charge in [-0.1, -0.05) is 47.6 Å². The molecule has 1 aliphatic rings. The molecule has 2 rings (SSSR count). The fourth-order valence-corrected chi connectivity index (χ4v) is 3.67. The first-order chi connectivity index (χ1) is 11.9. The lowest BCUT2D eigenvalue weighted by Gasteiger charge is -2.28. The van der Waals surface area contributed by atoms with E-state index in [0.29, 0.717) is 10.7 Å². The highest BCUT2D eigenvalue weighted by molar-refractivity contribution is 8.18. The third-order valence-corrected chi connectivity index (χ3v) is 5.14. The van der Waals surface area contributed by atoms with Crippen molar-refractivity contribution in [1.29, 1.82) is 0 Å². The van der Waals surface area contributed by atoms with E-state index in [4.69, 9.17) is 0 Å². The number of benzene rings is 1. The molecule has 1 aromatic carbocycles. The van der Waals surface area contributed by atoms with Crippen molar-refractivity contribution in [3.8, 4) is 5.75 Å². The van der Waals surface area contributed by atoms with Crippen LogP contribution in [0.3, 0.4) is 0 Å². The molecule has 140 valence electrons. The van der Waals surface area contributed by atoms with Crippen molar-refractivity contribution in [3.05, 3.63) is 46.4 Å². The lowest BCUT2D eigenvalue weighted by molar-refractivity contribution is -0.122. The largest absolute Gasteiger partial charge is 0.507 e. The quantitative estimate of drug-likeness (QED) is 0.584. The summed E-state index contributed by atoms with van der Waals surface area (Å²) in [6.45, 7) is 16.0. The number of phenols is 1. The van der Waals surface area contributed by atoms with Gasteiger partial charge >= 0.3 is 0 Å². The normalized spacial score (nSPS) is 17.3. The third kappa shape index (κ3) is 4.04. The molecule has 1 aromatic rings. The summed E-state index contributed by atoms with van der Waals surface area (Å²) in [7, 11) is 0. The second kappa shape index (κ2) is 6.95. The number of rotatable bonds is 3. The lowest BCUT2D eigenvalue weighted by Crippen LogP contribution is -2.27. The van der Waals surface area contributed by atoms with Crippen LogP contribution in [0.4, 0.5) is 4.79 Å². The minimum atomic E-state index is -0.303. The van der Waals surface area contributed by atoms with E-state index in [1.54, 1.807) is 6.08 Å². The van der Waals surface area contributed by atoms with Crippen LogP contribution in [-0.4, -0.2) is 27.7 Å². The van der Waals surface area contributed by atoms with Crippen molar-refractivity contribution in [2.45, 2.75) is 52.4 Å². The van der Waals surface area contributed by atoms with Crippen molar-refractivity contribution in [3.63, 3.8) is 0 Å². The molecule has 1 saturated heterocycles. The van der Waals surface area contributed by atoms with Gasteiger partial charge in [-0.3, -0.25) is 14.5 Å². The number of thioether (sulfide) groups is 1. The van der Waals surface area contributed by atoms with Crippen LogP contribution in [0.5, 0.6) is 5.75 Å². The van der Waals surface area contributed by atoms with E-state index in [2.05, 4.69) is 6.58 Å². The van der Waals surface area contributed by atoms with Crippen LogP contribution in [0.15, 0.2) is 29.7 Å². The molecule has 0 aliphatic carbocycles. The Balaban J connectivity index is 2.59. The van der Waals surface area contributed by atoms with Gasteiger partial charge in [0.05, 0.1) is 4.91 Å². The maximum Gasteiger partial charge on any atom is 0.293 e. The Labute approximate surface area is 160 Å². The van der Waals surface area contributed by atoms with E-state index < -0.39 is 0 Å². The number of carbonyl (C=O) groups is 2. The molecule has 4 nitrogen and oxygen atoms in total. The molecule has 5 heteroatoms. The summed E-state index contributed by atoms with van der Waals surface area (Å²) >= 11 is 0.936. The monoisotopic (exact) mass is 373 g/mol. The maximum absolute atomic E-state index is 12.5. The van der Waals surface area contributed by atoms with Crippen LogP contribution in [0.2, 0.25) is 0 Å². The fraction of sp³-hybridized carbons (Fsp3) is 0.429. The average Bonchev–Trinajstić information content (AvgIpc) is 2.74. The molecule has 2 amide bonds. The summed E-state index contributed by atoms with van der Waals surface area (Å²) in [5.41, 5.74) is 1.94. The number of carbonyl (C=O) groups excluding carboxylic acids is 2. The molecule has 1 N–H and O–H groups in total. The second-order valence-corrected chi connectivity index (χ2v) is 9.54. The molecule has 1 fully saturated rings. The number of phenolic OH excluding ortho intramolecular Hbond substituents is 1. The molecule has 0 saturated carbocycles. The molecule has 0 aromatic heterocycles. The van der Waals surface area contributed by atoms with Crippen molar-refractivity contribution in [1.82, 2.24) is 4.90 Å². The van der Waals surface area contributed by atoms with Gasteiger partial charge in [-0.25, -0.2) is 0 Å². The molecule has 0 radical (unpaired) electrons. The lowest BCUT2D eigenvalue weighted by atomic mass is 9.78. The fourth-order valence-electron chi connectivity index (χ4n) is 2.82. The molecule has 26 heavy (non-hydrogen) atoms. The highest BCUT2D eigenvalue weighted by Crippen LogP contribution is 2.41. The van der Waals surface area contributed by atoms with E-state index in [9.17, 15) is 14.7 Å². The van der Waals surface area contributed by atoms with Gasteiger partial charge < -0.3 is 5.11 Å². The Morgan fingerprint density at radius 2 is 1.58 bits per heavy atom. The van der Waals surface area contributed by atoms with E-state index in [1.165, 1.54) is 11.0 Å². The Hall–Kier alpha value is -2.01. The molecule has 0 atom stereocenters. The Morgan fingerprint density at radius 3 is 2.00 bits per heavy atom. The zero-order valence-electron chi connectivity index (χ0n) is 16.3. The molecular weight excluding hydrogens is 346 g/mol. The van der Waals surface area contributed by atoms with Crippen LogP contribution < -0.4 is 0 Å². The van der Waals surface area contributed by atoms with E-state index >= 15 is 0 Å². The Kier molecular flexibility index (Phi) is 5.43. The van der Waals surface area contributed by atoms with Gasteiger partial charge in [-0.05, 0) is 46.4 Å². The standard InChI is InChI=1S/C21H27NO3S/c1-8-9-22-18(24)16(26-19(22)25)12-13-10-14(20(2,3)4)17(23)15(11-13)21(5,6)7/h8,10-12,23H,1,9H2,2-7H3/b16-12+. The highest BCUT2D eigenvalue weighted by Gasteiger charge is 2.34. The topological polar surface area (TPSA) is 57.6 Å². The minimum Gasteiger partial charge on any atom is -0.507 e. The predicted octanol–water partition coefficient (Wildman–Crippen LogP) is 5.21. The molecule has 0 bridgehead atoms. The average molecular weight is 374 g/mol. The van der Waals surface area contributed by atoms with E-state index in [-0.39, 0.29) is 28.5 Å². The van der Waals surface area contributed by atoms with Crippen LogP contribution in [0, 0.1) is 0 Å². The third-order valence-electron chi connectivity index (χ3n) is 4.23. The summed E-state index contributed by atoms with van der Waals surface area (Å²) in [5, 5.41) is 10.5. The van der Waals surface area contributed by atoms with Gasteiger partial charge in [0.25, 0.3) is 11.1 Å². The molecule has 1 aliphatic heterocycles. The van der Waals surface area contributed by atoms with Crippen LogP contribution in [-0.2, 0) is 15.6 Å². The van der Waals surface area contributed by atoms with Gasteiger partial charge in [0.15, 0.2) is 0 Å². The van der Waals surface area contributed by atoms with Crippen molar-refractivity contribution >= 4 is 29.0 Å². The minimum absolute atomic E-state index is 0.206. The summed E-state index contributed by atoms with van der Waals surface area (Å²) in [5.74, 6) is -0.00972. The smallest absolute Gasteiger partial charge is 0.293 e. The first kappa shape index (κ1) is 20.3. The van der Waals surface area contributed by atoms with Gasteiger partial charge in [0.1, 0.15) is 5.75 Å². The zero-order valence-corrected chi connectivity index (χ0v) is 17.2. The number of aromatic hydroxyl groups is 1. The molecule has 1 heterocycles.